The Balaban J connectivity index is 1.41. The van der Waals surface area contributed by atoms with Crippen molar-refractivity contribution < 1.29 is 19.4 Å². The first-order valence-corrected chi connectivity index (χ1v) is 17.3. The summed E-state index contributed by atoms with van der Waals surface area (Å²) in [5.74, 6) is -0.271. The van der Waals surface area contributed by atoms with Gasteiger partial charge in [-0.05, 0) is 23.1 Å². The molecule has 0 spiro atoms. The summed E-state index contributed by atoms with van der Waals surface area (Å²) in [5, 5.41) is 10.1. The number of benzene rings is 3. The molecule has 44 heavy (non-hydrogen) atoms. The lowest BCUT2D eigenvalue weighted by atomic mass is 9.80. The molecule has 4 nitrogen and oxygen atoms in total. The van der Waals surface area contributed by atoms with Crippen LogP contribution >= 0.6 is 0 Å². The molecule has 0 bridgehead atoms. The van der Waals surface area contributed by atoms with Gasteiger partial charge in [-0.1, -0.05) is 188 Å². The highest BCUT2D eigenvalue weighted by Gasteiger charge is 2.38. The standard InChI is InChI=1S/C40H56O4/c1-2-3-4-5-6-7-8-9-10-11-12-13-14-15-25-32-39(42)44-38(33-41)34-43-40(35-26-19-16-20-27-35,36-28-21-17-22-29-36)37-30-23-18-24-31-37/h16-24,26-31,38,41H,2-15,25,32-34H2,1H3. The largest absolute Gasteiger partial charge is 0.457 e. The quantitative estimate of drug-likeness (QED) is 0.0631. The third kappa shape index (κ3) is 12.2. The second-order valence-corrected chi connectivity index (χ2v) is 12.1. The van der Waals surface area contributed by atoms with Gasteiger partial charge >= 0.3 is 5.97 Å². The minimum absolute atomic E-state index is 0.0692. The van der Waals surface area contributed by atoms with Gasteiger partial charge < -0.3 is 14.6 Å². The summed E-state index contributed by atoms with van der Waals surface area (Å²) in [6, 6.07) is 30.3. The molecule has 3 aromatic carbocycles. The zero-order valence-corrected chi connectivity index (χ0v) is 27.1. The number of carbonyl (C=O) groups is 1. The van der Waals surface area contributed by atoms with Crippen LogP contribution in [0.4, 0.5) is 0 Å². The van der Waals surface area contributed by atoms with Gasteiger partial charge in [-0.3, -0.25) is 4.79 Å². The number of unbranched alkanes of at least 4 members (excludes halogenated alkanes) is 14. The molecule has 3 rings (SSSR count). The highest BCUT2D eigenvalue weighted by Crippen LogP contribution is 2.40. The second kappa shape index (κ2) is 21.7. The van der Waals surface area contributed by atoms with Crippen LogP contribution in [0.2, 0.25) is 0 Å². The minimum Gasteiger partial charge on any atom is -0.457 e. The van der Waals surface area contributed by atoms with Crippen molar-refractivity contribution in [3.05, 3.63) is 108 Å². The maximum atomic E-state index is 12.7. The van der Waals surface area contributed by atoms with E-state index in [1.807, 2.05) is 54.6 Å². The normalized spacial score (nSPS) is 12.2. The van der Waals surface area contributed by atoms with Crippen molar-refractivity contribution >= 4 is 5.97 Å². The van der Waals surface area contributed by atoms with Crippen LogP contribution in [-0.2, 0) is 19.9 Å². The van der Waals surface area contributed by atoms with Crippen molar-refractivity contribution in [2.24, 2.45) is 0 Å². The van der Waals surface area contributed by atoms with Crippen LogP contribution in [-0.4, -0.2) is 30.4 Å². The molecule has 1 N–H and O–H groups in total. The summed E-state index contributed by atoms with van der Waals surface area (Å²) in [7, 11) is 0. The van der Waals surface area contributed by atoms with E-state index in [1.165, 1.54) is 77.0 Å². The van der Waals surface area contributed by atoms with Gasteiger partial charge in [0.05, 0.1) is 13.2 Å². The van der Waals surface area contributed by atoms with Crippen molar-refractivity contribution in [3.63, 3.8) is 0 Å². The number of aliphatic hydroxyl groups is 1. The second-order valence-electron chi connectivity index (χ2n) is 12.1. The zero-order valence-electron chi connectivity index (χ0n) is 27.1. The molecule has 0 heterocycles. The lowest BCUT2D eigenvalue weighted by Crippen LogP contribution is -2.38. The summed E-state index contributed by atoms with van der Waals surface area (Å²) in [4.78, 5) is 12.7. The Hall–Kier alpha value is -2.95. The molecule has 0 fully saturated rings. The molecule has 1 atom stereocenters. The van der Waals surface area contributed by atoms with Gasteiger partial charge in [0.1, 0.15) is 11.7 Å². The SMILES string of the molecule is CCCCCCCCCCCCCCCCCC(=O)OC(CO)COC(c1ccccc1)(c1ccccc1)c1ccccc1. The topological polar surface area (TPSA) is 55.8 Å². The molecule has 3 aromatic rings. The predicted octanol–water partition coefficient (Wildman–Crippen LogP) is 10.2. The molecular weight excluding hydrogens is 544 g/mol. The first kappa shape index (κ1) is 35.5. The molecule has 1 unspecified atom stereocenters. The van der Waals surface area contributed by atoms with Gasteiger partial charge in [0.2, 0.25) is 0 Å². The van der Waals surface area contributed by atoms with Crippen LogP contribution in [0.25, 0.3) is 0 Å². The highest BCUT2D eigenvalue weighted by atomic mass is 16.6. The average molecular weight is 601 g/mol. The number of hydrogen-bond acceptors (Lipinski definition) is 4. The van der Waals surface area contributed by atoms with Crippen LogP contribution in [0.3, 0.4) is 0 Å². The Morgan fingerprint density at radius 2 is 0.955 bits per heavy atom. The fraction of sp³-hybridized carbons (Fsp3) is 0.525. The molecule has 4 heteroatoms. The summed E-state index contributed by atoms with van der Waals surface area (Å²) >= 11 is 0. The lowest BCUT2D eigenvalue weighted by molar-refractivity contribution is -0.157. The van der Waals surface area contributed by atoms with Crippen molar-refractivity contribution in [2.75, 3.05) is 13.2 Å². The van der Waals surface area contributed by atoms with Crippen molar-refractivity contribution in [1.82, 2.24) is 0 Å². The van der Waals surface area contributed by atoms with Crippen LogP contribution in [0.15, 0.2) is 91.0 Å². The molecule has 0 saturated heterocycles. The molecule has 0 aliphatic carbocycles. The molecule has 0 amide bonds. The maximum absolute atomic E-state index is 12.7. The van der Waals surface area contributed by atoms with Crippen LogP contribution in [0.1, 0.15) is 126 Å². The van der Waals surface area contributed by atoms with Crippen LogP contribution < -0.4 is 0 Å². The third-order valence-electron chi connectivity index (χ3n) is 8.51. The maximum Gasteiger partial charge on any atom is 0.306 e. The fourth-order valence-corrected chi connectivity index (χ4v) is 6.00. The smallest absolute Gasteiger partial charge is 0.306 e. The molecule has 0 radical (unpaired) electrons. The third-order valence-corrected chi connectivity index (χ3v) is 8.51. The van der Waals surface area contributed by atoms with Gasteiger partial charge in [-0.15, -0.1) is 0 Å². The Morgan fingerprint density at radius 3 is 1.32 bits per heavy atom. The lowest BCUT2D eigenvalue weighted by Gasteiger charge is -2.36. The summed E-state index contributed by atoms with van der Waals surface area (Å²) < 4.78 is 12.4. The van der Waals surface area contributed by atoms with E-state index in [0.717, 1.165) is 36.0 Å². The van der Waals surface area contributed by atoms with Gasteiger partial charge in [-0.25, -0.2) is 0 Å². The first-order valence-electron chi connectivity index (χ1n) is 17.3. The Kier molecular flexibility index (Phi) is 17.5. The van der Waals surface area contributed by atoms with Gasteiger partial charge in [0.25, 0.3) is 0 Å². The van der Waals surface area contributed by atoms with E-state index in [2.05, 4.69) is 43.3 Å². The van der Waals surface area contributed by atoms with Crippen LogP contribution in [0, 0.1) is 0 Å². The van der Waals surface area contributed by atoms with Crippen molar-refractivity contribution in [2.45, 2.75) is 121 Å². The molecular formula is C40H56O4. The molecule has 240 valence electrons. The van der Waals surface area contributed by atoms with E-state index in [1.54, 1.807) is 0 Å². The monoisotopic (exact) mass is 600 g/mol. The summed E-state index contributed by atoms with van der Waals surface area (Å²) in [6.45, 7) is 2.05. The number of esters is 1. The molecule has 0 aromatic heterocycles. The zero-order chi connectivity index (χ0) is 31.1. The van der Waals surface area contributed by atoms with Crippen LogP contribution in [0.5, 0.6) is 0 Å². The van der Waals surface area contributed by atoms with Crippen molar-refractivity contribution in [3.8, 4) is 0 Å². The predicted molar refractivity (Wildman–Crippen MR) is 182 cm³/mol. The van der Waals surface area contributed by atoms with Crippen molar-refractivity contribution in [1.29, 1.82) is 0 Å². The van der Waals surface area contributed by atoms with E-state index in [9.17, 15) is 9.90 Å². The molecule has 0 saturated carbocycles. The van der Waals surface area contributed by atoms with Gasteiger partial charge in [0.15, 0.2) is 0 Å². The van der Waals surface area contributed by atoms with E-state index in [0.29, 0.717) is 6.42 Å². The minimum atomic E-state index is -0.919. The number of ether oxygens (including phenoxy) is 2. The highest BCUT2D eigenvalue weighted by molar-refractivity contribution is 5.69. The Morgan fingerprint density at radius 1 is 0.591 bits per heavy atom. The van der Waals surface area contributed by atoms with E-state index in [4.69, 9.17) is 9.47 Å². The number of hydrogen-bond donors (Lipinski definition) is 1. The number of carbonyl (C=O) groups excluding carboxylic acids is 1. The summed E-state index contributed by atoms with van der Waals surface area (Å²) in [5.41, 5.74) is 1.99. The Labute approximate surface area is 267 Å². The number of aliphatic hydroxyl groups excluding tert-OH is 1. The molecule has 0 aliphatic rings. The van der Waals surface area contributed by atoms with E-state index in [-0.39, 0.29) is 19.2 Å². The van der Waals surface area contributed by atoms with E-state index < -0.39 is 11.7 Å². The van der Waals surface area contributed by atoms with Gasteiger partial charge in [0, 0.05) is 6.42 Å². The first-order chi connectivity index (χ1) is 21.7. The molecule has 0 aliphatic heterocycles. The van der Waals surface area contributed by atoms with Gasteiger partial charge in [-0.2, -0.15) is 0 Å². The Bertz CT molecular complexity index is 1020. The van der Waals surface area contributed by atoms with E-state index >= 15 is 0 Å². The summed E-state index contributed by atoms with van der Waals surface area (Å²) in [6.07, 6.45) is 18.9. The average Bonchev–Trinajstić information content (AvgIpc) is 3.07. The fourth-order valence-electron chi connectivity index (χ4n) is 6.00. The number of rotatable bonds is 24.